The summed E-state index contributed by atoms with van der Waals surface area (Å²) in [6, 6.07) is 15.8. The average Bonchev–Trinajstić information content (AvgIpc) is 3.22. The van der Waals surface area contributed by atoms with Gasteiger partial charge in [-0.05, 0) is 52.9 Å². The van der Waals surface area contributed by atoms with Gasteiger partial charge in [0.05, 0.1) is 13.3 Å². The second-order valence-electron chi connectivity index (χ2n) is 5.61. The van der Waals surface area contributed by atoms with Crippen LogP contribution in [0.4, 0.5) is 0 Å². The van der Waals surface area contributed by atoms with Crippen molar-refractivity contribution in [2.45, 2.75) is 10.8 Å². The topological polar surface area (TPSA) is 77.0 Å². The molecule has 0 aliphatic carbocycles. The molecule has 0 fully saturated rings. The monoisotopic (exact) mass is 436 g/mol. The molecule has 0 aliphatic heterocycles. The summed E-state index contributed by atoms with van der Waals surface area (Å²) in [6.07, 6.45) is 1.40. The summed E-state index contributed by atoms with van der Waals surface area (Å²) < 4.78 is 35.4. The van der Waals surface area contributed by atoms with Gasteiger partial charge in [0.15, 0.2) is 11.5 Å². The molecule has 3 rings (SSSR count). The number of hydrazone groups is 1. The quantitative estimate of drug-likeness (QED) is 0.422. The van der Waals surface area contributed by atoms with E-state index in [1.807, 2.05) is 18.2 Å². The fourth-order valence-corrected chi connectivity index (χ4v) is 4.29. The molecular formula is C19H17ClN2O4S2. The van der Waals surface area contributed by atoms with Gasteiger partial charge in [0.2, 0.25) is 0 Å². The molecule has 1 heterocycles. The summed E-state index contributed by atoms with van der Waals surface area (Å²) in [5, 5.41) is 6.14. The van der Waals surface area contributed by atoms with Gasteiger partial charge in [-0.3, -0.25) is 0 Å². The van der Waals surface area contributed by atoms with Crippen LogP contribution in [0, 0.1) is 0 Å². The Balaban J connectivity index is 1.67. The molecule has 0 saturated heterocycles. The average molecular weight is 437 g/mol. The Labute approximate surface area is 172 Å². The van der Waals surface area contributed by atoms with Gasteiger partial charge in [0.25, 0.3) is 10.0 Å². The fraction of sp³-hybridized carbons (Fsp3) is 0.105. The second-order valence-corrected chi connectivity index (χ2v) is 8.89. The Morgan fingerprint density at radius 3 is 2.71 bits per heavy atom. The molecule has 0 amide bonds. The summed E-state index contributed by atoms with van der Waals surface area (Å²) in [7, 11) is -2.12. The Morgan fingerprint density at radius 2 is 2.00 bits per heavy atom. The molecule has 0 spiro atoms. The van der Waals surface area contributed by atoms with E-state index < -0.39 is 10.0 Å². The van der Waals surface area contributed by atoms with Gasteiger partial charge in [-0.2, -0.15) is 18.4 Å². The van der Waals surface area contributed by atoms with E-state index in [9.17, 15) is 8.42 Å². The van der Waals surface area contributed by atoms with E-state index in [1.165, 1.54) is 19.4 Å². The Bertz CT molecular complexity index is 1070. The van der Waals surface area contributed by atoms with Crippen molar-refractivity contribution in [3.63, 3.8) is 0 Å². The third kappa shape index (κ3) is 5.25. The molecule has 0 atom stereocenters. The lowest BCUT2D eigenvalue weighted by Gasteiger charge is -2.11. The third-order valence-corrected chi connectivity index (χ3v) is 6.47. The maximum atomic E-state index is 12.0. The minimum Gasteiger partial charge on any atom is -0.493 e. The highest BCUT2D eigenvalue weighted by Crippen LogP contribution is 2.28. The third-order valence-electron chi connectivity index (χ3n) is 3.62. The van der Waals surface area contributed by atoms with E-state index in [1.54, 1.807) is 35.7 Å². The fourth-order valence-electron chi connectivity index (χ4n) is 2.30. The molecule has 146 valence electrons. The first-order valence-corrected chi connectivity index (χ1v) is 10.9. The smallest absolute Gasteiger partial charge is 0.286 e. The van der Waals surface area contributed by atoms with Gasteiger partial charge in [-0.25, -0.2) is 0 Å². The van der Waals surface area contributed by atoms with Crippen molar-refractivity contribution < 1.29 is 17.9 Å². The zero-order valence-corrected chi connectivity index (χ0v) is 17.2. The van der Waals surface area contributed by atoms with Crippen molar-refractivity contribution in [1.82, 2.24) is 4.83 Å². The van der Waals surface area contributed by atoms with Crippen LogP contribution in [-0.4, -0.2) is 21.7 Å². The molecule has 28 heavy (non-hydrogen) atoms. The highest BCUT2D eigenvalue weighted by Gasteiger charge is 2.13. The Hall–Kier alpha value is -2.55. The number of halogens is 1. The second kappa shape index (κ2) is 9.09. The van der Waals surface area contributed by atoms with Crippen LogP contribution in [0.3, 0.4) is 0 Å². The van der Waals surface area contributed by atoms with Crippen molar-refractivity contribution in [2.24, 2.45) is 5.10 Å². The van der Waals surface area contributed by atoms with Crippen LogP contribution in [0.15, 0.2) is 69.3 Å². The molecule has 3 aromatic rings. The number of thiophene rings is 1. The van der Waals surface area contributed by atoms with Crippen molar-refractivity contribution in [3.05, 3.63) is 76.1 Å². The lowest BCUT2D eigenvalue weighted by molar-refractivity contribution is 0.284. The predicted molar refractivity (Wildman–Crippen MR) is 111 cm³/mol. The minimum absolute atomic E-state index is 0.201. The van der Waals surface area contributed by atoms with Crippen molar-refractivity contribution in [2.75, 3.05) is 7.11 Å². The molecule has 9 heteroatoms. The number of benzene rings is 2. The molecule has 0 bridgehead atoms. The Kier molecular flexibility index (Phi) is 6.56. The largest absolute Gasteiger partial charge is 0.493 e. The van der Waals surface area contributed by atoms with E-state index >= 15 is 0 Å². The highest BCUT2D eigenvalue weighted by molar-refractivity contribution is 7.91. The van der Waals surface area contributed by atoms with Crippen LogP contribution in [0.2, 0.25) is 5.02 Å². The number of hydrogen-bond donors (Lipinski definition) is 1. The molecule has 0 aliphatic rings. The Morgan fingerprint density at radius 1 is 1.14 bits per heavy atom. The van der Waals surface area contributed by atoms with E-state index in [-0.39, 0.29) is 4.21 Å². The summed E-state index contributed by atoms with van der Waals surface area (Å²) in [6.45, 7) is 0.338. The highest BCUT2D eigenvalue weighted by atomic mass is 35.5. The van der Waals surface area contributed by atoms with Gasteiger partial charge in [-0.1, -0.05) is 29.8 Å². The standard InChI is InChI=1S/C19H17ClN2O4S2/c1-25-18-11-14(12-21-22-28(23,24)19-6-3-9-27-19)7-8-17(18)26-13-15-4-2-5-16(20)10-15/h2-12,22H,13H2,1H3/b21-12+. The molecule has 6 nitrogen and oxygen atoms in total. The van der Waals surface area contributed by atoms with E-state index in [2.05, 4.69) is 9.93 Å². The number of nitrogens with one attached hydrogen (secondary N) is 1. The summed E-state index contributed by atoms with van der Waals surface area (Å²) in [4.78, 5) is 2.18. The number of nitrogens with zero attached hydrogens (tertiary/aromatic N) is 1. The van der Waals surface area contributed by atoms with Crippen LogP contribution in [0.5, 0.6) is 11.5 Å². The van der Waals surface area contributed by atoms with Crippen molar-refractivity contribution in [1.29, 1.82) is 0 Å². The van der Waals surface area contributed by atoms with Gasteiger partial charge in [-0.15, -0.1) is 11.3 Å². The number of rotatable bonds is 8. The lowest BCUT2D eigenvalue weighted by Crippen LogP contribution is -2.17. The normalized spacial score (nSPS) is 11.5. The summed E-state index contributed by atoms with van der Waals surface area (Å²) in [5.41, 5.74) is 1.59. The van der Waals surface area contributed by atoms with Crippen LogP contribution in [-0.2, 0) is 16.6 Å². The van der Waals surface area contributed by atoms with Crippen LogP contribution in [0.1, 0.15) is 11.1 Å². The molecule has 2 aromatic carbocycles. The van der Waals surface area contributed by atoms with Crippen molar-refractivity contribution >= 4 is 39.2 Å². The molecule has 0 unspecified atom stereocenters. The van der Waals surface area contributed by atoms with Crippen LogP contribution >= 0.6 is 22.9 Å². The zero-order valence-electron chi connectivity index (χ0n) is 14.8. The van der Waals surface area contributed by atoms with Gasteiger partial charge in [0, 0.05) is 5.02 Å². The predicted octanol–water partition coefficient (Wildman–Crippen LogP) is 4.30. The van der Waals surface area contributed by atoms with Crippen LogP contribution in [0.25, 0.3) is 0 Å². The summed E-state index contributed by atoms with van der Waals surface area (Å²) in [5.74, 6) is 1.06. The molecule has 1 aromatic heterocycles. The number of ether oxygens (including phenoxy) is 2. The SMILES string of the molecule is COc1cc(/C=N/NS(=O)(=O)c2cccs2)ccc1OCc1cccc(Cl)c1. The number of methoxy groups -OCH3 is 1. The molecule has 0 saturated carbocycles. The zero-order chi connectivity index (χ0) is 20.0. The molecular weight excluding hydrogens is 420 g/mol. The summed E-state index contributed by atoms with van der Waals surface area (Å²) >= 11 is 7.10. The van der Waals surface area contributed by atoms with Crippen molar-refractivity contribution in [3.8, 4) is 11.5 Å². The number of sulfonamides is 1. The first-order chi connectivity index (χ1) is 13.5. The van der Waals surface area contributed by atoms with Gasteiger partial charge >= 0.3 is 0 Å². The first kappa shape index (κ1) is 20.2. The first-order valence-electron chi connectivity index (χ1n) is 8.11. The van der Waals surface area contributed by atoms with Gasteiger partial charge in [0.1, 0.15) is 10.8 Å². The van der Waals surface area contributed by atoms with E-state index in [4.69, 9.17) is 21.1 Å². The lowest BCUT2D eigenvalue weighted by atomic mass is 10.2. The minimum atomic E-state index is -3.65. The molecule has 1 N–H and O–H groups in total. The maximum absolute atomic E-state index is 12.0. The maximum Gasteiger partial charge on any atom is 0.286 e. The van der Waals surface area contributed by atoms with E-state index in [0.29, 0.717) is 28.7 Å². The van der Waals surface area contributed by atoms with Crippen LogP contribution < -0.4 is 14.3 Å². The van der Waals surface area contributed by atoms with E-state index in [0.717, 1.165) is 16.9 Å². The molecule has 0 radical (unpaired) electrons. The van der Waals surface area contributed by atoms with Gasteiger partial charge < -0.3 is 9.47 Å². The number of hydrogen-bond acceptors (Lipinski definition) is 6.